The second kappa shape index (κ2) is 13.6. The van der Waals surface area contributed by atoms with Gasteiger partial charge in [0, 0.05) is 36.8 Å². The zero-order valence-electron chi connectivity index (χ0n) is 24.3. The summed E-state index contributed by atoms with van der Waals surface area (Å²) in [7, 11) is 0. The number of carbonyl (C=O) groups is 1. The number of anilines is 1. The summed E-state index contributed by atoms with van der Waals surface area (Å²) >= 11 is 0. The molecule has 2 heterocycles. The molecule has 2 fully saturated rings. The first-order valence-electron chi connectivity index (χ1n) is 15.1. The topological polar surface area (TPSA) is 96.8 Å². The number of nitrogens with one attached hydrogen (secondary N) is 1. The van der Waals surface area contributed by atoms with Crippen molar-refractivity contribution in [1.82, 2.24) is 14.9 Å². The van der Waals surface area contributed by atoms with Crippen LogP contribution in [0.15, 0.2) is 91.6 Å². The van der Waals surface area contributed by atoms with E-state index in [2.05, 4.69) is 26.8 Å². The Labute approximate surface area is 252 Å². The van der Waals surface area contributed by atoms with Crippen LogP contribution in [0.3, 0.4) is 0 Å². The third-order valence-corrected chi connectivity index (χ3v) is 8.36. The standard InChI is InChI=1S/C35H38N4O4/c1-2-18-39(28-10-3-4-11-28)22-29-20-33(25-16-14-24(23-40)15-17-25)43-35(42-29)26-8-7-9-27(19-26)37-34(41)32-21-36-30-12-5-6-13-31(30)38-32/h2,5-9,12-17,19,21,28-29,33,35,40H,1,3-4,10-11,18,20,22-23H2,(H,37,41)/t29-,33+,35+/m0/s1. The number of aliphatic hydroxyl groups excluding tert-OH is 1. The Morgan fingerprint density at radius 1 is 1.00 bits per heavy atom. The van der Waals surface area contributed by atoms with Gasteiger partial charge < -0.3 is 19.9 Å². The molecule has 2 aliphatic rings. The molecular weight excluding hydrogens is 540 g/mol. The van der Waals surface area contributed by atoms with Crippen LogP contribution >= 0.6 is 0 Å². The van der Waals surface area contributed by atoms with Crippen LogP contribution in [-0.4, -0.2) is 51.1 Å². The van der Waals surface area contributed by atoms with Crippen molar-refractivity contribution in [3.8, 4) is 0 Å². The monoisotopic (exact) mass is 578 g/mol. The number of nitrogens with zero attached hydrogens (tertiary/aromatic N) is 3. The molecule has 2 N–H and O–H groups in total. The SMILES string of the molecule is C=CCN(C[C@@H]1C[C@H](c2ccc(CO)cc2)O[C@H](c2cccc(NC(=O)c3cnc4ccccc4n3)c2)O1)C1CCCC1. The Kier molecular flexibility index (Phi) is 9.19. The van der Waals surface area contributed by atoms with Gasteiger partial charge in [-0.3, -0.25) is 14.7 Å². The Morgan fingerprint density at radius 3 is 2.56 bits per heavy atom. The van der Waals surface area contributed by atoms with E-state index in [4.69, 9.17) is 9.47 Å². The van der Waals surface area contributed by atoms with E-state index in [1.165, 1.54) is 31.9 Å². The van der Waals surface area contributed by atoms with E-state index < -0.39 is 6.29 Å². The van der Waals surface area contributed by atoms with Crippen molar-refractivity contribution in [2.75, 3.05) is 18.4 Å². The fourth-order valence-corrected chi connectivity index (χ4v) is 6.13. The highest BCUT2D eigenvalue weighted by Crippen LogP contribution is 2.39. The van der Waals surface area contributed by atoms with Crippen molar-refractivity contribution in [2.45, 2.75) is 63.3 Å². The van der Waals surface area contributed by atoms with Crippen molar-refractivity contribution in [2.24, 2.45) is 0 Å². The van der Waals surface area contributed by atoms with Gasteiger partial charge in [0.05, 0.1) is 36.0 Å². The molecular formula is C35H38N4O4. The third-order valence-electron chi connectivity index (χ3n) is 8.36. The molecule has 1 saturated heterocycles. The molecule has 0 bridgehead atoms. The summed E-state index contributed by atoms with van der Waals surface area (Å²) in [5, 5.41) is 12.5. The second-order valence-corrected chi connectivity index (χ2v) is 11.4. The molecule has 43 heavy (non-hydrogen) atoms. The summed E-state index contributed by atoms with van der Waals surface area (Å²) in [5.41, 5.74) is 5.00. The molecule has 222 valence electrons. The average Bonchev–Trinajstić information content (AvgIpc) is 3.60. The summed E-state index contributed by atoms with van der Waals surface area (Å²) in [6.07, 6.45) is 8.25. The predicted molar refractivity (Wildman–Crippen MR) is 166 cm³/mol. The quantitative estimate of drug-likeness (QED) is 0.212. The first-order chi connectivity index (χ1) is 21.1. The maximum atomic E-state index is 13.1. The lowest BCUT2D eigenvalue weighted by atomic mass is 9.99. The molecule has 1 aliphatic carbocycles. The average molecular weight is 579 g/mol. The van der Waals surface area contributed by atoms with Gasteiger partial charge in [0.25, 0.3) is 5.91 Å². The molecule has 1 aliphatic heterocycles. The molecule has 6 rings (SSSR count). The lowest BCUT2D eigenvalue weighted by Gasteiger charge is -2.39. The maximum absolute atomic E-state index is 13.1. The number of aliphatic hydroxyl groups is 1. The van der Waals surface area contributed by atoms with Crippen LogP contribution < -0.4 is 5.32 Å². The number of fused-ring (bicyclic) bond motifs is 1. The predicted octanol–water partition coefficient (Wildman–Crippen LogP) is 6.35. The first-order valence-corrected chi connectivity index (χ1v) is 15.1. The van der Waals surface area contributed by atoms with E-state index in [1.54, 1.807) is 0 Å². The Bertz CT molecular complexity index is 1550. The lowest BCUT2D eigenvalue weighted by Crippen LogP contribution is -2.43. The smallest absolute Gasteiger partial charge is 0.275 e. The summed E-state index contributed by atoms with van der Waals surface area (Å²) in [6, 6.07) is 23.5. The van der Waals surface area contributed by atoms with Crippen molar-refractivity contribution >= 4 is 22.6 Å². The van der Waals surface area contributed by atoms with Gasteiger partial charge in [-0.2, -0.15) is 0 Å². The highest BCUT2D eigenvalue weighted by molar-refractivity contribution is 6.03. The minimum absolute atomic E-state index is 0.00136. The number of ether oxygens (including phenoxy) is 2. The largest absolute Gasteiger partial charge is 0.392 e. The van der Waals surface area contributed by atoms with Crippen molar-refractivity contribution in [3.05, 3.63) is 114 Å². The number of hydrogen-bond acceptors (Lipinski definition) is 7. The van der Waals surface area contributed by atoms with Gasteiger partial charge in [-0.15, -0.1) is 6.58 Å². The molecule has 8 heteroatoms. The van der Waals surface area contributed by atoms with Crippen LogP contribution in [-0.2, 0) is 16.1 Å². The van der Waals surface area contributed by atoms with E-state index in [-0.39, 0.29) is 30.4 Å². The Balaban J connectivity index is 1.22. The maximum Gasteiger partial charge on any atom is 0.275 e. The van der Waals surface area contributed by atoms with Gasteiger partial charge in [-0.25, -0.2) is 4.98 Å². The van der Waals surface area contributed by atoms with Crippen LogP contribution in [0.4, 0.5) is 5.69 Å². The molecule has 3 aromatic carbocycles. The van der Waals surface area contributed by atoms with Gasteiger partial charge >= 0.3 is 0 Å². The van der Waals surface area contributed by atoms with Crippen LogP contribution in [0.5, 0.6) is 0 Å². The minimum Gasteiger partial charge on any atom is -0.392 e. The van der Waals surface area contributed by atoms with Gasteiger partial charge in [-0.1, -0.05) is 67.4 Å². The fraction of sp³-hybridized carbons (Fsp3) is 0.343. The number of amides is 1. The normalized spacial score (nSPS) is 20.8. The molecule has 3 atom stereocenters. The van der Waals surface area contributed by atoms with Crippen molar-refractivity contribution in [3.63, 3.8) is 0 Å². The van der Waals surface area contributed by atoms with E-state index in [0.29, 0.717) is 23.7 Å². The van der Waals surface area contributed by atoms with Gasteiger partial charge in [0.15, 0.2) is 6.29 Å². The zero-order chi connectivity index (χ0) is 29.6. The number of benzene rings is 3. The Hall–Kier alpha value is -3.95. The molecule has 1 aromatic heterocycles. The lowest BCUT2D eigenvalue weighted by molar-refractivity contribution is -0.253. The van der Waals surface area contributed by atoms with E-state index in [9.17, 15) is 9.90 Å². The zero-order valence-corrected chi connectivity index (χ0v) is 24.3. The first kappa shape index (κ1) is 29.1. The van der Waals surface area contributed by atoms with E-state index in [0.717, 1.165) is 35.3 Å². The molecule has 0 unspecified atom stereocenters. The molecule has 1 saturated carbocycles. The highest BCUT2D eigenvalue weighted by Gasteiger charge is 2.34. The number of para-hydroxylation sites is 2. The number of rotatable bonds is 10. The highest BCUT2D eigenvalue weighted by atomic mass is 16.7. The van der Waals surface area contributed by atoms with Gasteiger partial charge in [0.1, 0.15) is 5.69 Å². The van der Waals surface area contributed by atoms with Gasteiger partial charge in [0.2, 0.25) is 0 Å². The minimum atomic E-state index is -0.618. The summed E-state index contributed by atoms with van der Waals surface area (Å²) in [5.74, 6) is -0.336. The molecule has 1 amide bonds. The van der Waals surface area contributed by atoms with Crippen molar-refractivity contribution in [1.29, 1.82) is 0 Å². The van der Waals surface area contributed by atoms with E-state index >= 15 is 0 Å². The summed E-state index contributed by atoms with van der Waals surface area (Å²) in [4.78, 5) is 24.4. The second-order valence-electron chi connectivity index (χ2n) is 11.4. The molecule has 0 spiro atoms. The molecule has 0 radical (unpaired) electrons. The third kappa shape index (κ3) is 7.00. The van der Waals surface area contributed by atoms with Crippen LogP contribution in [0, 0.1) is 0 Å². The van der Waals surface area contributed by atoms with E-state index in [1.807, 2.05) is 78.9 Å². The van der Waals surface area contributed by atoms with Crippen molar-refractivity contribution < 1.29 is 19.4 Å². The molecule has 4 aromatic rings. The molecule has 8 nitrogen and oxygen atoms in total. The summed E-state index contributed by atoms with van der Waals surface area (Å²) < 4.78 is 13.2. The fourth-order valence-electron chi connectivity index (χ4n) is 6.13. The van der Waals surface area contributed by atoms with Crippen LogP contribution in [0.25, 0.3) is 11.0 Å². The van der Waals surface area contributed by atoms with Gasteiger partial charge in [-0.05, 0) is 48.2 Å². The summed E-state index contributed by atoms with van der Waals surface area (Å²) in [6.45, 7) is 5.62. The number of carbonyl (C=O) groups excluding carboxylic acids is 1. The van der Waals surface area contributed by atoms with Crippen LogP contribution in [0.2, 0.25) is 0 Å². The van der Waals surface area contributed by atoms with Crippen LogP contribution in [0.1, 0.15) is 71.7 Å². The number of aromatic nitrogens is 2. The number of hydrogen-bond donors (Lipinski definition) is 2. The Morgan fingerprint density at radius 2 is 1.79 bits per heavy atom.